The molecule has 6 heteroatoms. The predicted octanol–water partition coefficient (Wildman–Crippen LogP) is 4.34. The Kier molecular flexibility index (Phi) is 10.2. The first-order valence-corrected chi connectivity index (χ1v) is 8.58. The Labute approximate surface area is 156 Å². The summed E-state index contributed by atoms with van der Waals surface area (Å²) in [5.74, 6) is 0.881. The zero-order valence-corrected chi connectivity index (χ0v) is 17.8. The van der Waals surface area contributed by atoms with E-state index in [0.717, 1.165) is 23.9 Å². The Morgan fingerprint density at radius 2 is 2.09 bits per heavy atom. The van der Waals surface area contributed by atoms with Gasteiger partial charge in [-0.1, -0.05) is 20.8 Å². The quantitative estimate of drug-likeness (QED) is 0.395. The number of hydrogen-bond donors (Lipinski definition) is 2. The molecule has 0 aliphatic rings. The van der Waals surface area contributed by atoms with Crippen molar-refractivity contribution in [2.24, 2.45) is 10.4 Å². The maximum absolute atomic E-state index is 4.62. The normalized spacial score (nSPS) is 13.5. The zero-order valence-electron chi connectivity index (χ0n) is 14.7. The van der Waals surface area contributed by atoms with Crippen LogP contribution in [0.1, 0.15) is 57.3 Å². The number of aliphatic imine (C=N–C) groups is 1. The largest absolute Gasteiger partial charge is 0.357 e. The van der Waals surface area contributed by atoms with E-state index in [2.05, 4.69) is 62.2 Å². The number of rotatable bonds is 6. The van der Waals surface area contributed by atoms with E-state index in [1.807, 2.05) is 6.20 Å². The molecule has 128 valence electrons. The van der Waals surface area contributed by atoms with Gasteiger partial charge in [-0.05, 0) is 39.0 Å². The second-order valence-electron chi connectivity index (χ2n) is 6.70. The summed E-state index contributed by atoms with van der Waals surface area (Å²) in [4.78, 5) is 10.2. The second kappa shape index (κ2) is 10.4. The van der Waals surface area contributed by atoms with Crippen LogP contribution in [0, 0.1) is 12.3 Å². The van der Waals surface area contributed by atoms with Gasteiger partial charge in [0.2, 0.25) is 0 Å². The number of nitrogens with zero attached hydrogens (tertiary/aromatic N) is 2. The van der Waals surface area contributed by atoms with Gasteiger partial charge in [0.25, 0.3) is 0 Å². The molecule has 22 heavy (non-hydrogen) atoms. The van der Waals surface area contributed by atoms with Crippen LogP contribution >= 0.6 is 35.3 Å². The summed E-state index contributed by atoms with van der Waals surface area (Å²) >= 11 is 1.71. The molecule has 0 amide bonds. The van der Waals surface area contributed by atoms with E-state index >= 15 is 0 Å². The van der Waals surface area contributed by atoms with E-state index < -0.39 is 0 Å². The molecular formula is C16H31IN4S. The van der Waals surface area contributed by atoms with Gasteiger partial charge >= 0.3 is 0 Å². The van der Waals surface area contributed by atoms with Gasteiger partial charge in [-0.2, -0.15) is 0 Å². The topological polar surface area (TPSA) is 49.3 Å². The van der Waals surface area contributed by atoms with Gasteiger partial charge in [-0.25, -0.2) is 9.98 Å². The Hall–Kier alpha value is -0.370. The lowest BCUT2D eigenvalue weighted by Crippen LogP contribution is -2.42. The zero-order chi connectivity index (χ0) is 15.9. The fourth-order valence-corrected chi connectivity index (χ4v) is 2.61. The van der Waals surface area contributed by atoms with E-state index in [0.29, 0.717) is 18.0 Å². The summed E-state index contributed by atoms with van der Waals surface area (Å²) in [5, 5.41) is 7.85. The maximum atomic E-state index is 4.62. The van der Waals surface area contributed by atoms with Crippen molar-refractivity contribution in [2.45, 2.75) is 67.0 Å². The van der Waals surface area contributed by atoms with Crippen LogP contribution in [0.3, 0.4) is 0 Å². The molecule has 2 N–H and O–H groups in total. The van der Waals surface area contributed by atoms with Gasteiger partial charge in [-0.3, -0.25) is 0 Å². The van der Waals surface area contributed by atoms with Crippen LogP contribution in [0.25, 0.3) is 0 Å². The van der Waals surface area contributed by atoms with E-state index in [9.17, 15) is 0 Å². The van der Waals surface area contributed by atoms with Crippen LogP contribution in [-0.4, -0.2) is 23.5 Å². The van der Waals surface area contributed by atoms with Gasteiger partial charge in [-0.15, -0.1) is 35.3 Å². The highest BCUT2D eigenvalue weighted by molar-refractivity contribution is 14.0. The van der Waals surface area contributed by atoms with Crippen molar-refractivity contribution in [3.8, 4) is 0 Å². The summed E-state index contributed by atoms with van der Waals surface area (Å²) in [6.45, 7) is 14.7. The van der Waals surface area contributed by atoms with E-state index in [4.69, 9.17) is 0 Å². The van der Waals surface area contributed by atoms with Gasteiger partial charge in [0.15, 0.2) is 5.96 Å². The van der Waals surface area contributed by atoms with Crippen LogP contribution in [0.15, 0.2) is 11.2 Å². The average Bonchev–Trinajstić information content (AvgIpc) is 2.79. The first-order chi connectivity index (χ1) is 9.80. The lowest BCUT2D eigenvalue weighted by atomic mass is 9.89. The molecule has 0 saturated carbocycles. The highest BCUT2D eigenvalue weighted by Crippen LogP contribution is 2.21. The Bertz CT molecular complexity index is 451. The van der Waals surface area contributed by atoms with Gasteiger partial charge in [0.1, 0.15) is 5.01 Å². The molecule has 0 fully saturated rings. The summed E-state index contributed by atoms with van der Waals surface area (Å²) in [6, 6.07) is 0.417. The molecule has 0 saturated heterocycles. The third-order valence-electron chi connectivity index (χ3n) is 3.10. The molecule has 1 unspecified atom stereocenters. The molecule has 0 aliphatic carbocycles. The first kappa shape index (κ1) is 21.6. The molecule has 1 aromatic rings. The molecule has 0 aromatic carbocycles. The van der Waals surface area contributed by atoms with Crippen LogP contribution in [0.2, 0.25) is 0 Å². The molecule has 1 atom stereocenters. The molecule has 0 bridgehead atoms. The lowest BCUT2D eigenvalue weighted by molar-refractivity contribution is 0.346. The van der Waals surface area contributed by atoms with Crippen LogP contribution < -0.4 is 10.6 Å². The molecule has 1 aromatic heterocycles. The van der Waals surface area contributed by atoms with Crippen molar-refractivity contribution in [3.05, 3.63) is 16.1 Å². The number of hydrogen-bond acceptors (Lipinski definition) is 3. The number of halogens is 1. The monoisotopic (exact) mass is 438 g/mol. The number of aryl methyl sites for hydroxylation is 1. The van der Waals surface area contributed by atoms with Crippen molar-refractivity contribution in [2.75, 3.05) is 6.54 Å². The van der Waals surface area contributed by atoms with Crippen LogP contribution in [-0.2, 0) is 6.54 Å². The maximum Gasteiger partial charge on any atom is 0.191 e. The molecule has 1 rings (SSSR count). The highest BCUT2D eigenvalue weighted by atomic mass is 127. The predicted molar refractivity (Wildman–Crippen MR) is 108 cm³/mol. The Morgan fingerprint density at radius 3 is 2.59 bits per heavy atom. The molecule has 0 aliphatic heterocycles. The number of aromatic nitrogens is 1. The number of thiazole rings is 1. The molecular weight excluding hydrogens is 407 g/mol. The SMILES string of the molecule is CCNC(=NCc1ncc(C)s1)NC(C)CCC(C)(C)C.I. The van der Waals surface area contributed by atoms with E-state index in [-0.39, 0.29) is 24.0 Å². The number of nitrogens with one attached hydrogen (secondary N) is 2. The minimum Gasteiger partial charge on any atom is -0.357 e. The van der Waals surface area contributed by atoms with Crippen molar-refractivity contribution in [3.63, 3.8) is 0 Å². The third-order valence-corrected chi connectivity index (χ3v) is 3.99. The van der Waals surface area contributed by atoms with Crippen molar-refractivity contribution in [1.29, 1.82) is 0 Å². The van der Waals surface area contributed by atoms with Crippen LogP contribution in [0.4, 0.5) is 0 Å². The van der Waals surface area contributed by atoms with E-state index in [1.54, 1.807) is 11.3 Å². The highest BCUT2D eigenvalue weighted by Gasteiger charge is 2.13. The van der Waals surface area contributed by atoms with Crippen molar-refractivity contribution in [1.82, 2.24) is 15.6 Å². The molecule has 0 radical (unpaired) electrons. The minimum absolute atomic E-state index is 0. The third kappa shape index (κ3) is 9.61. The van der Waals surface area contributed by atoms with E-state index in [1.165, 1.54) is 11.3 Å². The summed E-state index contributed by atoms with van der Waals surface area (Å²) in [6.07, 6.45) is 4.25. The smallest absolute Gasteiger partial charge is 0.191 e. The van der Waals surface area contributed by atoms with Gasteiger partial charge in [0, 0.05) is 23.7 Å². The minimum atomic E-state index is 0. The lowest BCUT2D eigenvalue weighted by Gasteiger charge is -2.23. The van der Waals surface area contributed by atoms with Crippen LogP contribution in [0.5, 0.6) is 0 Å². The van der Waals surface area contributed by atoms with Gasteiger partial charge < -0.3 is 10.6 Å². The summed E-state index contributed by atoms with van der Waals surface area (Å²) < 4.78 is 0. The summed E-state index contributed by atoms with van der Waals surface area (Å²) in [7, 11) is 0. The Balaban J connectivity index is 0.00000441. The fourth-order valence-electron chi connectivity index (χ4n) is 1.90. The van der Waals surface area contributed by atoms with Gasteiger partial charge in [0.05, 0.1) is 6.54 Å². The van der Waals surface area contributed by atoms with Crippen molar-refractivity contribution < 1.29 is 0 Å². The van der Waals surface area contributed by atoms with Crippen molar-refractivity contribution >= 4 is 41.3 Å². The summed E-state index contributed by atoms with van der Waals surface area (Å²) in [5.41, 5.74) is 0.379. The average molecular weight is 438 g/mol. The fraction of sp³-hybridized carbons (Fsp3) is 0.750. The Morgan fingerprint density at radius 1 is 1.41 bits per heavy atom. The first-order valence-electron chi connectivity index (χ1n) is 7.76. The molecule has 0 spiro atoms. The standard InChI is InChI=1S/C16H30N4S.HI/c1-7-17-15(19-11-14-18-10-13(3)21-14)20-12(2)8-9-16(4,5)6;/h10,12H,7-9,11H2,1-6H3,(H2,17,19,20);1H. The second-order valence-corrected chi connectivity index (χ2v) is 8.02. The number of guanidine groups is 1. The molecule has 4 nitrogen and oxygen atoms in total. The molecule has 1 heterocycles.